The number of hydrogen-bond donors (Lipinski definition) is 10. The Morgan fingerprint density at radius 3 is 2.33 bits per heavy atom. The predicted octanol–water partition coefficient (Wildman–Crippen LogP) is -4.22. The molecule has 0 aromatic carbocycles. The first-order valence-corrected chi connectivity index (χ1v) is 19.9. The van der Waals surface area contributed by atoms with E-state index in [1.165, 1.54) is 15.5 Å². The van der Waals surface area contributed by atoms with Gasteiger partial charge in [-0.15, -0.1) is 0 Å². The molecule has 3 aliphatic rings. The SMILES string of the molecule is CN1C[C@]2(COP(=O)(O)OP(=O)(O)OP(=O)(O)OC[C@H]3O[C@@H](n4cnc5c(=O)[nH]c(N)nc54)[C@@H](O)C3O)O[C@@H]([n+]3cn(C)c4c(=O)[nH]c(N)nc43)C1[C@H]2O. The third-order valence-electron chi connectivity index (χ3n) is 8.95. The summed E-state index contributed by atoms with van der Waals surface area (Å²) in [7, 11) is -14.2. The molecule has 296 valence electrons. The zero-order valence-corrected chi connectivity index (χ0v) is 30.3. The smallest absolute Gasteiger partial charge is 0.388 e. The van der Waals surface area contributed by atoms with Gasteiger partial charge in [0.25, 0.3) is 17.1 Å². The number of H-pyrrole nitrogens is 2. The number of fused-ring (bicyclic) bond motifs is 4. The summed E-state index contributed by atoms with van der Waals surface area (Å²) in [6.45, 7) is -2.09. The second kappa shape index (κ2) is 13.3. The van der Waals surface area contributed by atoms with Gasteiger partial charge in [-0.25, -0.2) is 23.2 Å². The van der Waals surface area contributed by atoms with Gasteiger partial charge in [0.2, 0.25) is 17.7 Å². The van der Waals surface area contributed by atoms with Gasteiger partial charge in [0, 0.05) is 6.54 Å². The van der Waals surface area contributed by atoms with Gasteiger partial charge in [0.05, 0.1) is 32.6 Å². The van der Waals surface area contributed by atoms with Crippen molar-refractivity contribution >= 4 is 57.7 Å². The third-order valence-corrected chi connectivity index (χ3v) is 13.2. The second-order valence-corrected chi connectivity index (χ2v) is 17.3. The highest BCUT2D eigenvalue weighted by molar-refractivity contribution is 7.66. The Morgan fingerprint density at radius 2 is 1.63 bits per heavy atom. The molecule has 0 saturated carbocycles. The van der Waals surface area contributed by atoms with E-state index in [1.54, 1.807) is 19.0 Å². The highest BCUT2D eigenvalue weighted by atomic mass is 31.3. The minimum Gasteiger partial charge on any atom is -0.388 e. The number of anilines is 2. The number of nitrogen functional groups attached to an aromatic ring is 2. The maximum atomic E-state index is 12.8. The molecule has 31 heteroatoms. The number of aromatic amines is 2. The van der Waals surface area contributed by atoms with E-state index in [0.717, 1.165) is 10.9 Å². The van der Waals surface area contributed by atoms with Crippen molar-refractivity contribution in [3.8, 4) is 0 Å². The maximum absolute atomic E-state index is 12.8. The molecule has 4 aromatic rings. The summed E-state index contributed by atoms with van der Waals surface area (Å²) in [6, 6.07) is -0.826. The number of hydrogen-bond acceptors (Lipinski definition) is 20. The Balaban J connectivity index is 0.980. The Labute approximate surface area is 299 Å². The van der Waals surface area contributed by atoms with E-state index in [-0.39, 0.29) is 40.8 Å². The summed E-state index contributed by atoms with van der Waals surface area (Å²) in [5, 5.41) is 32.2. The number of aromatic nitrogens is 8. The summed E-state index contributed by atoms with van der Waals surface area (Å²) >= 11 is 0. The molecule has 0 amide bonds. The fourth-order valence-corrected chi connectivity index (χ4v) is 10.3. The molecular formula is C23H33N11O17P3+. The summed E-state index contributed by atoms with van der Waals surface area (Å²) in [5.74, 6) is -0.499. The number of morpholine rings is 1. The fourth-order valence-electron chi connectivity index (χ4n) is 6.71. The number of rotatable bonds is 12. The first-order valence-electron chi connectivity index (χ1n) is 15.4. The number of imidazole rings is 2. The molecule has 7 rings (SSSR count). The van der Waals surface area contributed by atoms with E-state index >= 15 is 0 Å². The largest absolute Gasteiger partial charge is 0.490 e. The molecule has 2 bridgehead atoms. The van der Waals surface area contributed by atoms with Crippen molar-refractivity contribution in [2.45, 2.75) is 48.5 Å². The lowest BCUT2D eigenvalue weighted by atomic mass is 10.0. The van der Waals surface area contributed by atoms with Crippen molar-refractivity contribution in [2.75, 3.05) is 38.3 Å². The van der Waals surface area contributed by atoms with E-state index in [0.29, 0.717) is 0 Å². The number of phosphoric ester groups is 2. The van der Waals surface area contributed by atoms with Crippen LogP contribution in [0.15, 0.2) is 22.2 Å². The van der Waals surface area contributed by atoms with Gasteiger partial charge in [0.1, 0.15) is 30.0 Å². The molecule has 0 spiro atoms. The van der Waals surface area contributed by atoms with Crippen LogP contribution < -0.4 is 27.2 Å². The average Bonchev–Trinajstić information content (AvgIpc) is 3.81. The second-order valence-electron chi connectivity index (χ2n) is 12.6. The van der Waals surface area contributed by atoms with Crippen LogP contribution in [-0.2, 0) is 47.9 Å². The molecule has 0 aliphatic carbocycles. The first kappa shape index (κ1) is 38.7. The lowest BCUT2D eigenvalue weighted by Crippen LogP contribution is -2.54. The monoisotopic (exact) mass is 828 g/mol. The number of phosphoric acid groups is 3. The molecule has 4 aromatic heterocycles. The Kier molecular flexibility index (Phi) is 9.54. The quantitative estimate of drug-likeness (QED) is 0.0478. The average molecular weight is 828 g/mol. The molecular weight excluding hydrogens is 795 g/mol. The predicted molar refractivity (Wildman–Crippen MR) is 173 cm³/mol. The molecule has 7 heterocycles. The molecule has 3 fully saturated rings. The number of nitrogens with two attached hydrogens (primary N) is 2. The molecule has 12 N–H and O–H groups in total. The normalized spacial score (nSPS) is 32.0. The molecule has 54 heavy (non-hydrogen) atoms. The number of nitrogens with one attached hydrogen (secondary N) is 2. The summed E-state index contributed by atoms with van der Waals surface area (Å²) in [4.78, 5) is 73.3. The third kappa shape index (κ3) is 6.83. The van der Waals surface area contributed by atoms with Gasteiger partial charge in [-0.3, -0.25) is 42.6 Å². The Hall–Kier alpha value is -3.53. The van der Waals surface area contributed by atoms with Crippen LogP contribution in [0, 0.1) is 0 Å². The maximum Gasteiger partial charge on any atom is 0.490 e. The van der Waals surface area contributed by atoms with Gasteiger partial charge in [-0.05, 0) is 7.05 Å². The summed E-state index contributed by atoms with van der Waals surface area (Å²) in [5.41, 5.74) is 8.14. The number of aliphatic hydroxyl groups excluding tert-OH is 3. The number of ether oxygens (including phenoxy) is 2. The van der Waals surface area contributed by atoms with Gasteiger partial charge in [-0.1, -0.05) is 4.98 Å². The van der Waals surface area contributed by atoms with Gasteiger partial charge in [-0.2, -0.15) is 13.6 Å². The highest BCUT2D eigenvalue weighted by Crippen LogP contribution is 2.68. The fraction of sp³-hybridized carbons (Fsp3) is 0.565. The lowest BCUT2D eigenvalue weighted by Gasteiger charge is -2.34. The van der Waals surface area contributed by atoms with Crippen LogP contribution >= 0.6 is 23.5 Å². The zero-order valence-electron chi connectivity index (χ0n) is 27.6. The highest BCUT2D eigenvalue weighted by Gasteiger charge is 2.65. The van der Waals surface area contributed by atoms with Crippen LogP contribution in [0.4, 0.5) is 11.9 Å². The molecule has 3 saturated heterocycles. The number of aryl methyl sites for hydroxylation is 1. The van der Waals surface area contributed by atoms with Crippen LogP contribution in [0.3, 0.4) is 0 Å². The van der Waals surface area contributed by atoms with Crippen molar-refractivity contribution in [3.05, 3.63) is 33.4 Å². The van der Waals surface area contributed by atoms with E-state index in [4.69, 9.17) is 25.5 Å². The van der Waals surface area contributed by atoms with E-state index < -0.39 is 96.3 Å². The van der Waals surface area contributed by atoms with Gasteiger partial charge < -0.3 is 50.9 Å². The zero-order chi connectivity index (χ0) is 39.3. The molecule has 3 aliphatic heterocycles. The summed E-state index contributed by atoms with van der Waals surface area (Å²) in [6.07, 6.45) is -6.60. The van der Waals surface area contributed by atoms with Gasteiger partial charge in [0.15, 0.2) is 23.7 Å². The van der Waals surface area contributed by atoms with Crippen molar-refractivity contribution in [1.82, 2.24) is 39.0 Å². The minimum absolute atomic E-state index is 0.0889. The molecule has 0 radical (unpaired) electrons. The number of nitrogens with zero attached hydrogens (tertiary/aromatic N) is 7. The van der Waals surface area contributed by atoms with E-state index in [9.17, 15) is 53.3 Å². The van der Waals surface area contributed by atoms with Gasteiger partial charge >= 0.3 is 29.1 Å². The van der Waals surface area contributed by atoms with Crippen molar-refractivity contribution in [2.24, 2.45) is 7.05 Å². The molecule has 28 nitrogen and oxygen atoms in total. The Bertz CT molecular complexity index is 2400. The standard InChI is InChI=1S/C23H32N11O17P3/c1-31-4-23(14(37)10(31)19(49-23)34-7-32(2)11-16(34)28-22(25)30-18(11)39)5-47-53(42,43)51-54(44,45)50-52(40,41)46-3-8-12(35)13(36)20(48-8)33-6-26-9-15(33)27-21(24)29-17(9)38/h6-8,10,12-14,19-20,35-37H,3-5H2,1-2H3,(H8-,24,25,27,28,29,30,38,39,40,41,42,43,44,45)/p+1/t8-,10?,12?,13+,14-,19-,20-,23-/m1/s1. The summed E-state index contributed by atoms with van der Waals surface area (Å²) < 4.78 is 71.4. The van der Waals surface area contributed by atoms with Crippen LogP contribution in [-0.4, -0.2) is 132 Å². The number of likely N-dealkylation sites (tertiary alicyclic amines) is 1. The van der Waals surface area contributed by atoms with Crippen LogP contribution in [0.25, 0.3) is 22.3 Å². The topological polar surface area (TPSA) is 401 Å². The van der Waals surface area contributed by atoms with Crippen LogP contribution in [0.5, 0.6) is 0 Å². The molecule has 5 unspecified atom stereocenters. The van der Waals surface area contributed by atoms with Crippen molar-refractivity contribution < 1.29 is 75.4 Å². The minimum atomic E-state index is -5.98. The first-order chi connectivity index (χ1) is 25.1. The Morgan fingerprint density at radius 1 is 0.981 bits per heavy atom. The number of likely N-dealkylation sites (N-methyl/N-ethyl adjacent to an activating group) is 1. The van der Waals surface area contributed by atoms with Crippen LogP contribution in [0.1, 0.15) is 12.5 Å². The van der Waals surface area contributed by atoms with Crippen LogP contribution in [0.2, 0.25) is 0 Å². The number of aliphatic hydroxyl groups is 3. The lowest BCUT2D eigenvalue weighted by molar-refractivity contribution is -0.748. The van der Waals surface area contributed by atoms with E-state index in [2.05, 4.69) is 38.1 Å². The van der Waals surface area contributed by atoms with E-state index in [1.807, 2.05) is 0 Å². The van der Waals surface area contributed by atoms with Crippen molar-refractivity contribution in [3.63, 3.8) is 0 Å². The molecule has 11 atom stereocenters. The van der Waals surface area contributed by atoms with Crippen molar-refractivity contribution in [1.29, 1.82) is 0 Å².